The SMILES string of the molecule is C=S(=O)(c1ncn(C)n1)[C@H](C)[C@H]1CCC2=Cc3c(cnn3-c3ccc(F)cc3)C[C@]2(C(=O)c2cc(Cl)ccn2)C1. The van der Waals surface area contributed by atoms with Crippen molar-refractivity contribution in [3.63, 3.8) is 0 Å². The van der Waals surface area contributed by atoms with Crippen molar-refractivity contribution in [3.05, 3.63) is 88.5 Å². The molecule has 11 heteroatoms. The van der Waals surface area contributed by atoms with E-state index in [1.807, 2.05) is 13.0 Å². The van der Waals surface area contributed by atoms with Crippen LogP contribution >= 0.6 is 11.6 Å². The minimum Gasteiger partial charge on any atom is -0.291 e. The lowest BCUT2D eigenvalue weighted by atomic mass is 9.58. The van der Waals surface area contributed by atoms with Gasteiger partial charge in [-0.15, -0.1) is 5.10 Å². The van der Waals surface area contributed by atoms with E-state index in [0.29, 0.717) is 30.0 Å². The molecule has 4 atom stereocenters. The van der Waals surface area contributed by atoms with Gasteiger partial charge in [0.1, 0.15) is 17.8 Å². The van der Waals surface area contributed by atoms with Gasteiger partial charge < -0.3 is 0 Å². The average molecular weight is 579 g/mol. The van der Waals surface area contributed by atoms with Crippen molar-refractivity contribution in [1.82, 2.24) is 29.5 Å². The molecule has 0 amide bonds. The maximum atomic E-state index is 14.4. The van der Waals surface area contributed by atoms with Gasteiger partial charge in [0.05, 0.1) is 23.0 Å². The molecule has 1 fully saturated rings. The van der Waals surface area contributed by atoms with Crippen molar-refractivity contribution in [3.8, 4) is 5.69 Å². The standard InChI is InChI=1S/C29H28ClFN6O2S/c1-18(40(3,39)28-33-17-36(2)35-28)19-4-5-21-12-26-20(16-34-37(26)24-8-6-23(31)7-9-24)15-29(21,14-19)27(38)25-13-22(30)10-11-32-25/h6-13,16-19H,3-5,14-15H2,1-2H3/t18-,19+,29-,40?/m1/s1. The van der Waals surface area contributed by atoms with E-state index in [0.717, 1.165) is 28.9 Å². The van der Waals surface area contributed by atoms with Crippen molar-refractivity contribution in [2.75, 3.05) is 0 Å². The first-order chi connectivity index (χ1) is 19.1. The quantitative estimate of drug-likeness (QED) is 0.237. The predicted molar refractivity (Wildman–Crippen MR) is 153 cm³/mol. The summed E-state index contributed by atoms with van der Waals surface area (Å²) in [4.78, 5) is 23.0. The molecule has 3 aromatic heterocycles. The van der Waals surface area contributed by atoms with Gasteiger partial charge in [-0.2, -0.15) is 5.10 Å². The molecule has 2 aliphatic carbocycles. The normalized spacial score (nSPS) is 22.5. The second-order valence-electron chi connectivity index (χ2n) is 10.7. The highest BCUT2D eigenvalue weighted by atomic mass is 35.5. The Labute approximate surface area is 236 Å². The Balaban J connectivity index is 1.43. The lowest BCUT2D eigenvalue weighted by Crippen LogP contribution is -2.45. The number of nitrogens with zero attached hydrogens (tertiary/aromatic N) is 6. The number of carbonyl (C=O) groups is 1. The summed E-state index contributed by atoms with van der Waals surface area (Å²) in [5, 5.41) is 9.18. The Bertz CT molecular complexity index is 1760. The number of hydrogen-bond donors (Lipinski definition) is 0. The fourth-order valence-corrected chi connectivity index (χ4v) is 7.90. The molecule has 6 rings (SSSR count). The molecule has 0 N–H and O–H groups in total. The number of ketones is 1. The zero-order chi connectivity index (χ0) is 28.2. The van der Waals surface area contributed by atoms with Crippen LogP contribution in [0.2, 0.25) is 5.02 Å². The highest BCUT2D eigenvalue weighted by Gasteiger charge is 2.51. The minimum absolute atomic E-state index is 0.0808. The number of aryl methyl sites for hydroxylation is 1. The van der Waals surface area contributed by atoms with Gasteiger partial charge in [0.15, 0.2) is 5.78 Å². The Morgan fingerprint density at radius 3 is 2.73 bits per heavy atom. The molecular weight excluding hydrogens is 551 g/mol. The summed E-state index contributed by atoms with van der Waals surface area (Å²) in [5.41, 5.74) is 2.86. The minimum atomic E-state index is -2.83. The fraction of sp³-hybridized carbons (Fsp3) is 0.310. The van der Waals surface area contributed by atoms with Crippen LogP contribution in [-0.2, 0) is 23.0 Å². The van der Waals surface area contributed by atoms with E-state index in [1.165, 1.54) is 29.3 Å². The van der Waals surface area contributed by atoms with Crippen LogP contribution in [-0.4, -0.2) is 50.6 Å². The zero-order valence-corrected chi connectivity index (χ0v) is 23.7. The van der Waals surface area contributed by atoms with Crippen molar-refractivity contribution in [2.24, 2.45) is 18.4 Å². The van der Waals surface area contributed by atoms with Gasteiger partial charge >= 0.3 is 0 Å². The molecule has 8 nitrogen and oxygen atoms in total. The van der Waals surface area contributed by atoms with Crippen molar-refractivity contribution >= 4 is 38.9 Å². The van der Waals surface area contributed by atoms with Gasteiger partial charge in [0, 0.05) is 33.0 Å². The van der Waals surface area contributed by atoms with E-state index < -0.39 is 14.9 Å². The van der Waals surface area contributed by atoms with E-state index >= 15 is 0 Å². The van der Waals surface area contributed by atoms with Crippen molar-refractivity contribution in [1.29, 1.82) is 0 Å². The maximum absolute atomic E-state index is 14.4. The number of halogens is 2. The molecule has 0 aliphatic heterocycles. The molecular formula is C29H28ClFN6O2S. The number of fused-ring (bicyclic) bond motifs is 2. The van der Waals surface area contributed by atoms with Gasteiger partial charge in [0.2, 0.25) is 5.16 Å². The first-order valence-corrected chi connectivity index (χ1v) is 15.2. The van der Waals surface area contributed by atoms with Gasteiger partial charge in [-0.1, -0.05) is 24.1 Å². The summed E-state index contributed by atoms with van der Waals surface area (Å²) >= 11 is 6.26. The molecule has 1 unspecified atom stereocenters. The molecule has 40 heavy (non-hydrogen) atoms. The fourth-order valence-electron chi connectivity index (χ4n) is 6.07. The maximum Gasteiger partial charge on any atom is 0.230 e. The summed E-state index contributed by atoms with van der Waals surface area (Å²) < 4.78 is 30.8. The molecule has 1 saturated carbocycles. The third-order valence-corrected chi connectivity index (χ3v) is 10.9. The molecule has 0 radical (unpaired) electrons. The highest BCUT2D eigenvalue weighted by Crippen LogP contribution is 2.53. The van der Waals surface area contributed by atoms with Gasteiger partial charge in [-0.05, 0) is 85.5 Å². The van der Waals surface area contributed by atoms with Gasteiger partial charge in [-0.25, -0.2) is 14.1 Å². The van der Waals surface area contributed by atoms with Crippen LogP contribution in [0.25, 0.3) is 11.8 Å². The largest absolute Gasteiger partial charge is 0.291 e. The Morgan fingerprint density at radius 2 is 2.02 bits per heavy atom. The second-order valence-corrected chi connectivity index (χ2v) is 13.7. The third kappa shape index (κ3) is 4.39. The van der Waals surface area contributed by atoms with Gasteiger partial charge in [-0.3, -0.25) is 18.7 Å². The number of rotatable bonds is 6. The second kappa shape index (κ2) is 9.78. The van der Waals surface area contributed by atoms with Crippen LogP contribution in [0.15, 0.2) is 65.8 Å². The first kappa shape index (κ1) is 26.6. The number of Topliss-reactive ketones (excluding diaryl/α,β-unsaturated/α-hetero) is 1. The Kier molecular flexibility index (Phi) is 6.50. The molecule has 206 valence electrons. The summed E-state index contributed by atoms with van der Waals surface area (Å²) in [7, 11) is -1.11. The van der Waals surface area contributed by atoms with E-state index in [1.54, 1.807) is 42.2 Å². The van der Waals surface area contributed by atoms with Crippen molar-refractivity contribution < 1.29 is 13.4 Å². The molecule has 0 saturated heterocycles. The van der Waals surface area contributed by atoms with E-state index in [4.69, 9.17) is 11.6 Å². The Hall–Kier alpha value is -3.63. The van der Waals surface area contributed by atoms with Crippen LogP contribution in [0, 0.1) is 17.2 Å². The van der Waals surface area contributed by atoms with Crippen molar-refractivity contribution in [2.45, 2.75) is 43.0 Å². The monoisotopic (exact) mass is 578 g/mol. The van der Waals surface area contributed by atoms with Crippen LogP contribution in [0.1, 0.15) is 47.9 Å². The van der Waals surface area contributed by atoms with Crippen LogP contribution < -0.4 is 0 Å². The predicted octanol–water partition coefficient (Wildman–Crippen LogP) is 4.96. The zero-order valence-electron chi connectivity index (χ0n) is 22.1. The van der Waals surface area contributed by atoms with Crippen LogP contribution in [0.4, 0.5) is 4.39 Å². The number of benzene rings is 1. The number of carbonyl (C=O) groups excluding carboxylic acids is 1. The van der Waals surface area contributed by atoms with Crippen LogP contribution in [0.3, 0.4) is 0 Å². The molecule has 3 heterocycles. The topological polar surface area (TPSA) is 95.6 Å². The first-order valence-electron chi connectivity index (χ1n) is 13.0. The molecule has 0 spiro atoms. The lowest BCUT2D eigenvalue weighted by molar-refractivity contribution is 0.0754. The van der Waals surface area contributed by atoms with E-state index in [2.05, 4.69) is 26.0 Å². The number of hydrogen-bond acceptors (Lipinski definition) is 6. The van der Waals surface area contributed by atoms with E-state index in [9.17, 15) is 13.4 Å². The van der Waals surface area contributed by atoms with Gasteiger partial charge in [0.25, 0.3) is 0 Å². The highest BCUT2D eigenvalue weighted by molar-refractivity contribution is 8.00. The van der Waals surface area contributed by atoms with Crippen LogP contribution in [0.5, 0.6) is 0 Å². The summed E-state index contributed by atoms with van der Waals surface area (Å²) in [6.07, 6.45) is 9.09. The lowest BCUT2D eigenvalue weighted by Gasteiger charge is -2.45. The molecule has 2 aliphatic rings. The molecule has 0 bridgehead atoms. The number of pyridine rings is 1. The summed E-state index contributed by atoms with van der Waals surface area (Å²) in [5.74, 6) is 3.55. The summed E-state index contributed by atoms with van der Waals surface area (Å²) in [6, 6.07) is 9.40. The molecule has 4 aromatic rings. The number of allylic oxidation sites excluding steroid dienone is 1. The number of aromatic nitrogens is 6. The Morgan fingerprint density at radius 1 is 1.25 bits per heavy atom. The summed E-state index contributed by atoms with van der Waals surface area (Å²) in [6.45, 7) is 1.92. The smallest absolute Gasteiger partial charge is 0.230 e. The average Bonchev–Trinajstić information content (AvgIpc) is 3.57. The third-order valence-electron chi connectivity index (χ3n) is 8.31. The van der Waals surface area contributed by atoms with E-state index in [-0.39, 0.29) is 27.9 Å². The molecule has 1 aromatic carbocycles.